The Labute approximate surface area is 109 Å². The number of nitrogens with two attached hydrogens (primary N) is 1. The summed E-state index contributed by atoms with van der Waals surface area (Å²) >= 11 is 0. The van der Waals surface area contributed by atoms with Crippen LogP contribution in [0.2, 0.25) is 0 Å². The van der Waals surface area contributed by atoms with Crippen molar-refractivity contribution in [3.63, 3.8) is 0 Å². The number of ether oxygens (including phenoxy) is 1. The quantitative estimate of drug-likeness (QED) is 0.726. The van der Waals surface area contributed by atoms with Crippen molar-refractivity contribution in [1.82, 2.24) is 5.32 Å². The first kappa shape index (κ1) is 14.7. The van der Waals surface area contributed by atoms with E-state index in [1.807, 2.05) is 30.3 Å². The van der Waals surface area contributed by atoms with Crippen LogP contribution < -0.4 is 11.1 Å². The molecule has 0 aromatic heterocycles. The summed E-state index contributed by atoms with van der Waals surface area (Å²) in [6.45, 7) is 1.06. The Balaban J connectivity index is 2.31. The normalized spacial score (nSPS) is 12.1. The van der Waals surface area contributed by atoms with E-state index in [0.717, 1.165) is 12.8 Å². The molecular weight excluding hydrogens is 228 g/mol. The molecule has 100 valence electrons. The highest BCUT2D eigenvalue weighted by Crippen LogP contribution is 2.02. The van der Waals surface area contributed by atoms with Gasteiger partial charge in [0.25, 0.3) is 0 Å². The van der Waals surface area contributed by atoms with Crippen LogP contribution in [0.4, 0.5) is 0 Å². The molecule has 1 amide bonds. The van der Waals surface area contributed by atoms with Crippen LogP contribution in [-0.2, 0) is 16.0 Å². The predicted molar refractivity (Wildman–Crippen MR) is 72.2 cm³/mol. The summed E-state index contributed by atoms with van der Waals surface area (Å²) in [5, 5.41) is 2.95. The number of rotatable bonds is 8. The highest BCUT2D eigenvalue weighted by Gasteiger charge is 2.11. The first-order valence-corrected chi connectivity index (χ1v) is 6.28. The van der Waals surface area contributed by atoms with Gasteiger partial charge in [-0.25, -0.2) is 0 Å². The van der Waals surface area contributed by atoms with Crippen molar-refractivity contribution in [2.45, 2.75) is 25.3 Å². The lowest BCUT2D eigenvalue weighted by molar-refractivity contribution is -0.122. The third-order valence-corrected chi connectivity index (χ3v) is 2.73. The lowest BCUT2D eigenvalue weighted by Gasteiger charge is -2.17. The maximum Gasteiger partial charge on any atom is 0.220 e. The average molecular weight is 250 g/mol. The molecule has 4 nitrogen and oxygen atoms in total. The zero-order valence-corrected chi connectivity index (χ0v) is 10.9. The summed E-state index contributed by atoms with van der Waals surface area (Å²) in [7, 11) is 1.62. The van der Waals surface area contributed by atoms with Crippen molar-refractivity contribution in [2.24, 2.45) is 5.73 Å². The number of hydrogen-bond acceptors (Lipinski definition) is 3. The Bertz CT molecular complexity index is 335. The molecule has 0 aliphatic rings. The lowest BCUT2D eigenvalue weighted by Crippen LogP contribution is -2.39. The van der Waals surface area contributed by atoms with Crippen LogP contribution in [0.25, 0.3) is 0 Å². The van der Waals surface area contributed by atoms with Crippen LogP contribution in [0.1, 0.15) is 18.4 Å². The molecule has 1 rings (SSSR count). The molecule has 0 fully saturated rings. The van der Waals surface area contributed by atoms with Gasteiger partial charge in [0.1, 0.15) is 0 Å². The van der Waals surface area contributed by atoms with Gasteiger partial charge in [0.2, 0.25) is 5.91 Å². The van der Waals surface area contributed by atoms with Gasteiger partial charge in [-0.2, -0.15) is 0 Å². The van der Waals surface area contributed by atoms with Gasteiger partial charge in [0.05, 0.1) is 12.6 Å². The van der Waals surface area contributed by atoms with Crippen LogP contribution in [0.15, 0.2) is 30.3 Å². The van der Waals surface area contributed by atoms with E-state index in [1.165, 1.54) is 5.56 Å². The molecule has 0 aliphatic carbocycles. The molecule has 3 N–H and O–H groups in total. The minimum absolute atomic E-state index is 0.0169. The maximum atomic E-state index is 11.8. The molecule has 0 aliphatic heterocycles. The summed E-state index contributed by atoms with van der Waals surface area (Å²) < 4.78 is 5.05. The Morgan fingerprint density at radius 1 is 1.39 bits per heavy atom. The van der Waals surface area contributed by atoms with E-state index >= 15 is 0 Å². The van der Waals surface area contributed by atoms with Crippen LogP contribution in [0.5, 0.6) is 0 Å². The Hall–Kier alpha value is -1.39. The summed E-state index contributed by atoms with van der Waals surface area (Å²) in [6, 6.07) is 10.0. The number of nitrogens with one attached hydrogen (secondary N) is 1. The van der Waals surface area contributed by atoms with Gasteiger partial charge in [-0.3, -0.25) is 4.79 Å². The van der Waals surface area contributed by atoms with E-state index in [0.29, 0.717) is 19.6 Å². The number of methoxy groups -OCH3 is 1. The first-order chi connectivity index (χ1) is 8.76. The topological polar surface area (TPSA) is 64.3 Å². The zero-order valence-electron chi connectivity index (χ0n) is 10.9. The number of carbonyl (C=O) groups excluding carboxylic acids is 1. The van der Waals surface area contributed by atoms with Gasteiger partial charge < -0.3 is 15.8 Å². The largest absolute Gasteiger partial charge is 0.383 e. The van der Waals surface area contributed by atoms with E-state index in [9.17, 15) is 4.79 Å². The van der Waals surface area contributed by atoms with Gasteiger partial charge in [-0.05, 0) is 24.9 Å². The molecule has 0 heterocycles. The van der Waals surface area contributed by atoms with Crippen molar-refractivity contribution in [3.05, 3.63) is 35.9 Å². The number of amides is 1. The maximum absolute atomic E-state index is 11.8. The van der Waals surface area contributed by atoms with Gasteiger partial charge in [0.15, 0.2) is 0 Å². The zero-order chi connectivity index (χ0) is 13.2. The highest BCUT2D eigenvalue weighted by atomic mass is 16.5. The SMILES string of the molecule is COCC(CCN)NC(=O)CCc1ccccc1. The van der Waals surface area contributed by atoms with E-state index in [2.05, 4.69) is 5.32 Å². The standard InChI is InChI=1S/C14H22N2O2/c1-18-11-13(9-10-15)16-14(17)8-7-12-5-3-2-4-6-12/h2-6,13H,7-11,15H2,1H3,(H,16,17). The fourth-order valence-electron chi connectivity index (χ4n) is 1.80. The van der Waals surface area contributed by atoms with Crippen molar-refractivity contribution < 1.29 is 9.53 Å². The minimum Gasteiger partial charge on any atom is -0.383 e. The molecule has 0 saturated carbocycles. The average Bonchev–Trinajstić information content (AvgIpc) is 2.38. The molecule has 18 heavy (non-hydrogen) atoms. The molecule has 0 bridgehead atoms. The van der Waals surface area contributed by atoms with Crippen molar-refractivity contribution >= 4 is 5.91 Å². The van der Waals surface area contributed by atoms with Crippen LogP contribution >= 0.6 is 0 Å². The fourth-order valence-corrected chi connectivity index (χ4v) is 1.80. The molecule has 1 atom stereocenters. The molecule has 4 heteroatoms. The number of aryl methyl sites for hydroxylation is 1. The molecule has 1 aromatic rings. The highest BCUT2D eigenvalue weighted by molar-refractivity contribution is 5.76. The summed E-state index contributed by atoms with van der Waals surface area (Å²) in [6.07, 6.45) is 1.99. The smallest absolute Gasteiger partial charge is 0.220 e. The van der Waals surface area contributed by atoms with Crippen molar-refractivity contribution in [3.8, 4) is 0 Å². The van der Waals surface area contributed by atoms with Gasteiger partial charge >= 0.3 is 0 Å². The Morgan fingerprint density at radius 3 is 2.72 bits per heavy atom. The molecule has 0 radical (unpaired) electrons. The first-order valence-electron chi connectivity index (χ1n) is 6.28. The van der Waals surface area contributed by atoms with E-state index in [4.69, 9.17) is 10.5 Å². The summed E-state index contributed by atoms with van der Waals surface area (Å²) in [5.74, 6) is 0.0503. The molecule has 0 spiro atoms. The summed E-state index contributed by atoms with van der Waals surface area (Å²) in [4.78, 5) is 11.8. The van der Waals surface area contributed by atoms with Crippen LogP contribution in [0, 0.1) is 0 Å². The van der Waals surface area contributed by atoms with Crippen molar-refractivity contribution in [1.29, 1.82) is 0 Å². The summed E-state index contributed by atoms with van der Waals surface area (Å²) in [5.41, 5.74) is 6.67. The van der Waals surface area contributed by atoms with E-state index in [1.54, 1.807) is 7.11 Å². The van der Waals surface area contributed by atoms with Gasteiger partial charge in [0, 0.05) is 13.5 Å². The third-order valence-electron chi connectivity index (χ3n) is 2.73. The molecule has 1 aromatic carbocycles. The molecular formula is C14H22N2O2. The van der Waals surface area contributed by atoms with E-state index < -0.39 is 0 Å². The predicted octanol–water partition coefficient (Wildman–Crippen LogP) is 1.10. The third kappa shape index (κ3) is 5.80. The monoisotopic (exact) mass is 250 g/mol. The second-order valence-corrected chi connectivity index (χ2v) is 4.28. The minimum atomic E-state index is 0.0169. The Kier molecular flexibility index (Phi) is 7.06. The van der Waals surface area contributed by atoms with Gasteiger partial charge in [-0.15, -0.1) is 0 Å². The van der Waals surface area contributed by atoms with E-state index in [-0.39, 0.29) is 11.9 Å². The fraction of sp³-hybridized carbons (Fsp3) is 0.500. The number of hydrogen-bond donors (Lipinski definition) is 2. The second kappa shape index (κ2) is 8.66. The second-order valence-electron chi connectivity index (χ2n) is 4.28. The van der Waals surface area contributed by atoms with Gasteiger partial charge in [-0.1, -0.05) is 30.3 Å². The van der Waals surface area contributed by atoms with Crippen LogP contribution in [0.3, 0.4) is 0 Å². The Morgan fingerprint density at radius 2 is 2.11 bits per heavy atom. The van der Waals surface area contributed by atoms with Crippen molar-refractivity contribution in [2.75, 3.05) is 20.3 Å². The van der Waals surface area contributed by atoms with Crippen LogP contribution in [-0.4, -0.2) is 32.2 Å². The number of carbonyl (C=O) groups is 1. The molecule has 0 saturated heterocycles. The molecule has 1 unspecified atom stereocenters. The number of benzene rings is 1. The lowest BCUT2D eigenvalue weighted by atomic mass is 10.1.